The van der Waals surface area contributed by atoms with Crippen LogP contribution in [0.1, 0.15) is 17.2 Å². The Morgan fingerprint density at radius 2 is 1.79 bits per heavy atom. The minimum Gasteiger partial charge on any atom is -0.369 e. The number of anilines is 1. The van der Waals surface area contributed by atoms with Gasteiger partial charge in [-0.3, -0.25) is 4.79 Å². The zero-order valence-electron chi connectivity index (χ0n) is 10.6. The third kappa shape index (κ3) is 3.35. The van der Waals surface area contributed by atoms with Crippen molar-refractivity contribution >= 4 is 27.5 Å². The standard InChI is InChI=1S/C15H15BrN2O/c1-10-6-8-11(9-7-10)14(15(17)19)18-13-5-3-2-4-12(13)16/h2-9,14,18H,1H3,(H2,17,19). The number of rotatable bonds is 4. The summed E-state index contributed by atoms with van der Waals surface area (Å²) >= 11 is 3.44. The van der Waals surface area contributed by atoms with E-state index in [1.54, 1.807) is 0 Å². The quantitative estimate of drug-likeness (QED) is 0.907. The zero-order valence-corrected chi connectivity index (χ0v) is 12.1. The number of nitrogens with one attached hydrogen (secondary N) is 1. The lowest BCUT2D eigenvalue weighted by molar-refractivity contribution is -0.118. The van der Waals surface area contributed by atoms with Crippen molar-refractivity contribution < 1.29 is 4.79 Å². The molecule has 1 unspecified atom stereocenters. The highest BCUT2D eigenvalue weighted by Gasteiger charge is 2.18. The average Bonchev–Trinajstić information content (AvgIpc) is 2.39. The maximum absolute atomic E-state index is 11.6. The summed E-state index contributed by atoms with van der Waals surface area (Å²) in [5.74, 6) is -0.403. The van der Waals surface area contributed by atoms with Crippen molar-refractivity contribution in [2.24, 2.45) is 5.73 Å². The number of carbonyl (C=O) groups excluding carboxylic acids is 1. The van der Waals surface area contributed by atoms with Gasteiger partial charge in [-0.2, -0.15) is 0 Å². The topological polar surface area (TPSA) is 55.1 Å². The van der Waals surface area contributed by atoms with E-state index in [4.69, 9.17) is 5.73 Å². The van der Waals surface area contributed by atoms with Gasteiger partial charge in [-0.05, 0) is 40.5 Å². The molecule has 0 spiro atoms. The molecule has 0 aliphatic carbocycles. The predicted octanol–water partition coefficient (Wildman–Crippen LogP) is 3.40. The molecule has 0 heterocycles. The van der Waals surface area contributed by atoms with Gasteiger partial charge in [-0.15, -0.1) is 0 Å². The number of halogens is 1. The molecule has 1 amide bonds. The van der Waals surface area contributed by atoms with Crippen LogP contribution in [0.25, 0.3) is 0 Å². The highest BCUT2D eigenvalue weighted by atomic mass is 79.9. The summed E-state index contributed by atoms with van der Waals surface area (Å²) in [5, 5.41) is 3.16. The number of hydrogen-bond donors (Lipinski definition) is 2. The van der Waals surface area contributed by atoms with Crippen LogP contribution in [0, 0.1) is 6.92 Å². The van der Waals surface area contributed by atoms with Crippen LogP contribution in [0.15, 0.2) is 53.0 Å². The maximum atomic E-state index is 11.6. The fraction of sp³-hybridized carbons (Fsp3) is 0.133. The van der Waals surface area contributed by atoms with Gasteiger partial charge < -0.3 is 11.1 Å². The summed E-state index contributed by atoms with van der Waals surface area (Å²) in [6.45, 7) is 2.00. The second-order valence-electron chi connectivity index (χ2n) is 4.37. The Balaban J connectivity index is 2.29. The van der Waals surface area contributed by atoms with Gasteiger partial charge in [0.1, 0.15) is 6.04 Å². The van der Waals surface area contributed by atoms with Gasteiger partial charge in [0.05, 0.1) is 0 Å². The highest BCUT2D eigenvalue weighted by Crippen LogP contribution is 2.26. The van der Waals surface area contributed by atoms with E-state index in [1.807, 2.05) is 55.5 Å². The second-order valence-corrected chi connectivity index (χ2v) is 5.22. The van der Waals surface area contributed by atoms with Crippen LogP contribution < -0.4 is 11.1 Å². The van der Waals surface area contributed by atoms with Gasteiger partial charge in [-0.1, -0.05) is 42.0 Å². The first kappa shape index (κ1) is 13.6. The van der Waals surface area contributed by atoms with Crippen molar-refractivity contribution in [1.29, 1.82) is 0 Å². The average molecular weight is 319 g/mol. The molecule has 2 rings (SSSR count). The van der Waals surface area contributed by atoms with E-state index >= 15 is 0 Å². The number of para-hydroxylation sites is 1. The Hall–Kier alpha value is -1.81. The first-order valence-corrected chi connectivity index (χ1v) is 6.74. The van der Waals surface area contributed by atoms with Crippen LogP contribution in [0.2, 0.25) is 0 Å². The van der Waals surface area contributed by atoms with Gasteiger partial charge in [0, 0.05) is 10.2 Å². The van der Waals surface area contributed by atoms with Crippen LogP contribution in [-0.2, 0) is 4.79 Å². The van der Waals surface area contributed by atoms with E-state index in [1.165, 1.54) is 0 Å². The molecule has 98 valence electrons. The molecule has 2 aromatic carbocycles. The number of hydrogen-bond acceptors (Lipinski definition) is 2. The minimum absolute atomic E-state index is 0.403. The van der Waals surface area contributed by atoms with E-state index in [2.05, 4.69) is 21.2 Å². The summed E-state index contributed by atoms with van der Waals surface area (Å²) < 4.78 is 0.897. The molecule has 0 fully saturated rings. The molecule has 0 aliphatic heterocycles. The normalized spacial score (nSPS) is 11.9. The van der Waals surface area contributed by atoms with Crippen molar-refractivity contribution in [2.75, 3.05) is 5.32 Å². The smallest absolute Gasteiger partial charge is 0.244 e. The molecule has 1 atom stereocenters. The van der Waals surface area contributed by atoms with Crippen LogP contribution in [-0.4, -0.2) is 5.91 Å². The number of nitrogens with two attached hydrogens (primary N) is 1. The number of carbonyl (C=O) groups is 1. The van der Waals surface area contributed by atoms with Crippen LogP contribution in [0.4, 0.5) is 5.69 Å². The fourth-order valence-electron chi connectivity index (χ4n) is 1.81. The molecular weight excluding hydrogens is 304 g/mol. The van der Waals surface area contributed by atoms with Gasteiger partial charge in [0.2, 0.25) is 5.91 Å². The summed E-state index contributed by atoms with van der Waals surface area (Å²) in [7, 11) is 0. The van der Waals surface area contributed by atoms with Gasteiger partial charge >= 0.3 is 0 Å². The number of aryl methyl sites for hydroxylation is 1. The number of amides is 1. The first-order chi connectivity index (χ1) is 9.08. The van der Waals surface area contributed by atoms with E-state index in [0.717, 1.165) is 21.3 Å². The number of benzene rings is 2. The minimum atomic E-state index is -0.542. The monoisotopic (exact) mass is 318 g/mol. The van der Waals surface area contributed by atoms with Crippen LogP contribution in [0.5, 0.6) is 0 Å². The Bertz CT molecular complexity index is 581. The Morgan fingerprint density at radius 3 is 2.37 bits per heavy atom. The lowest BCUT2D eigenvalue weighted by Crippen LogP contribution is -2.27. The highest BCUT2D eigenvalue weighted by molar-refractivity contribution is 9.10. The molecule has 0 radical (unpaired) electrons. The molecule has 4 heteroatoms. The fourth-order valence-corrected chi connectivity index (χ4v) is 2.21. The largest absolute Gasteiger partial charge is 0.369 e. The van der Waals surface area contributed by atoms with Crippen molar-refractivity contribution in [3.8, 4) is 0 Å². The summed E-state index contributed by atoms with van der Waals surface area (Å²) in [6.07, 6.45) is 0. The lowest BCUT2D eigenvalue weighted by atomic mass is 10.0. The third-order valence-electron chi connectivity index (χ3n) is 2.87. The lowest BCUT2D eigenvalue weighted by Gasteiger charge is -2.18. The molecule has 0 saturated heterocycles. The molecule has 0 aromatic heterocycles. The van der Waals surface area contributed by atoms with Crippen LogP contribution >= 0.6 is 15.9 Å². The number of primary amides is 1. The van der Waals surface area contributed by atoms with Gasteiger partial charge in [-0.25, -0.2) is 0 Å². The van der Waals surface area contributed by atoms with Crippen molar-refractivity contribution in [3.63, 3.8) is 0 Å². The molecule has 3 N–H and O–H groups in total. The first-order valence-electron chi connectivity index (χ1n) is 5.95. The summed E-state index contributed by atoms with van der Waals surface area (Å²) in [5.41, 5.74) is 8.33. The molecule has 0 bridgehead atoms. The predicted molar refractivity (Wildman–Crippen MR) is 80.9 cm³/mol. The maximum Gasteiger partial charge on any atom is 0.244 e. The van der Waals surface area contributed by atoms with Crippen molar-refractivity contribution in [3.05, 3.63) is 64.1 Å². The van der Waals surface area contributed by atoms with E-state index in [9.17, 15) is 4.79 Å². The van der Waals surface area contributed by atoms with E-state index in [0.29, 0.717) is 0 Å². The molecule has 0 aliphatic rings. The van der Waals surface area contributed by atoms with Crippen molar-refractivity contribution in [2.45, 2.75) is 13.0 Å². The SMILES string of the molecule is Cc1ccc(C(Nc2ccccc2Br)C(N)=O)cc1. The molecule has 2 aromatic rings. The Morgan fingerprint density at radius 1 is 1.16 bits per heavy atom. The third-order valence-corrected chi connectivity index (χ3v) is 3.56. The Labute approximate surface area is 121 Å². The zero-order chi connectivity index (χ0) is 13.8. The van der Waals surface area contributed by atoms with Gasteiger partial charge in [0.25, 0.3) is 0 Å². The molecular formula is C15H15BrN2O. The van der Waals surface area contributed by atoms with Crippen LogP contribution in [0.3, 0.4) is 0 Å². The summed E-state index contributed by atoms with van der Waals surface area (Å²) in [4.78, 5) is 11.6. The summed E-state index contributed by atoms with van der Waals surface area (Å²) in [6, 6.07) is 14.8. The van der Waals surface area contributed by atoms with Gasteiger partial charge in [0.15, 0.2) is 0 Å². The second kappa shape index (κ2) is 5.89. The molecule has 3 nitrogen and oxygen atoms in total. The van der Waals surface area contributed by atoms with E-state index in [-0.39, 0.29) is 0 Å². The molecule has 0 saturated carbocycles. The Kier molecular flexibility index (Phi) is 4.22. The molecule has 19 heavy (non-hydrogen) atoms. The van der Waals surface area contributed by atoms with E-state index < -0.39 is 11.9 Å². The van der Waals surface area contributed by atoms with Crippen molar-refractivity contribution in [1.82, 2.24) is 0 Å².